The minimum absolute atomic E-state index is 0.293. The molecule has 4 rings (SSSR count). The molecule has 4 heteroatoms. The molecule has 4 nitrogen and oxygen atoms in total. The Bertz CT molecular complexity index is 1020. The van der Waals surface area contributed by atoms with Crippen LogP contribution >= 0.6 is 0 Å². The van der Waals surface area contributed by atoms with Crippen molar-refractivity contribution in [3.05, 3.63) is 95.1 Å². The lowest BCUT2D eigenvalue weighted by Gasteiger charge is -2.11. The normalized spacial score (nSPS) is 13.0. The number of likely N-dealkylation sites (N-methyl/N-ethyl adjacent to an activating group) is 1. The zero-order chi connectivity index (χ0) is 21.5. The Labute approximate surface area is 184 Å². The summed E-state index contributed by atoms with van der Waals surface area (Å²) in [5, 5.41) is 12.7. The maximum Gasteiger partial charge on any atom is 0.122 e. The predicted molar refractivity (Wildman–Crippen MR) is 125 cm³/mol. The van der Waals surface area contributed by atoms with Gasteiger partial charge in [0.15, 0.2) is 0 Å². The maximum absolute atomic E-state index is 9.61. The van der Waals surface area contributed by atoms with Crippen LogP contribution in [-0.4, -0.2) is 31.9 Å². The van der Waals surface area contributed by atoms with Crippen molar-refractivity contribution in [2.45, 2.75) is 19.3 Å². The molecule has 0 bridgehead atoms. The quantitative estimate of drug-likeness (QED) is 0.493. The number of nitrogens with one attached hydrogen (secondary N) is 1. The average molecular weight is 416 g/mol. The van der Waals surface area contributed by atoms with Crippen LogP contribution in [-0.2, 0) is 19.3 Å². The first-order valence-corrected chi connectivity index (χ1v) is 10.8. The van der Waals surface area contributed by atoms with Gasteiger partial charge in [-0.2, -0.15) is 0 Å². The van der Waals surface area contributed by atoms with Crippen molar-refractivity contribution in [1.82, 2.24) is 5.32 Å². The zero-order valence-electron chi connectivity index (χ0n) is 17.9. The number of ether oxygens (including phenoxy) is 2. The number of phenols is 1. The number of hydrogen-bond acceptors (Lipinski definition) is 4. The van der Waals surface area contributed by atoms with Crippen LogP contribution < -0.4 is 14.8 Å². The summed E-state index contributed by atoms with van der Waals surface area (Å²) in [5.41, 5.74) is 6.19. The molecule has 3 aromatic rings. The molecule has 160 valence electrons. The van der Waals surface area contributed by atoms with E-state index < -0.39 is 0 Å². The van der Waals surface area contributed by atoms with E-state index >= 15 is 0 Å². The van der Waals surface area contributed by atoms with E-state index in [-0.39, 0.29) is 0 Å². The molecule has 0 fully saturated rings. The summed E-state index contributed by atoms with van der Waals surface area (Å²) in [4.78, 5) is 0. The highest BCUT2D eigenvalue weighted by Crippen LogP contribution is 2.30. The fraction of sp³-hybridized carbons (Fsp3) is 0.259. The molecule has 0 unspecified atom stereocenters. The van der Waals surface area contributed by atoms with Crippen LogP contribution in [0.4, 0.5) is 0 Å². The summed E-state index contributed by atoms with van der Waals surface area (Å²) in [7, 11) is 1.92. The van der Waals surface area contributed by atoms with Gasteiger partial charge in [0.05, 0.1) is 6.61 Å². The monoisotopic (exact) mass is 415 g/mol. The number of rotatable bonds is 9. The molecule has 3 aromatic carbocycles. The second kappa shape index (κ2) is 10.2. The molecule has 1 aliphatic heterocycles. The van der Waals surface area contributed by atoms with E-state index in [1.807, 2.05) is 31.3 Å². The number of allylic oxidation sites excluding steroid dienone is 2. The summed E-state index contributed by atoms with van der Waals surface area (Å²) < 4.78 is 11.4. The third-order valence-electron chi connectivity index (χ3n) is 5.52. The van der Waals surface area contributed by atoms with Crippen molar-refractivity contribution < 1.29 is 14.6 Å². The Kier molecular flexibility index (Phi) is 6.90. The number of hydrogen-bond donors (Lipinski definition) is 2. The maximum atomic E-state index is 9.61. The molecule has 0 radical (unpaired) electrons. The van der Waals surface area contributed by atoms with E-state index in [9.17, 15) is 5.11 Å². The van der Waals surface area contributed by atoms with E-state index in [0.29, 0.717) is 12.4 Å². The average Bonchev–Trinajstić information content (AvgIpc) is 3.27. The molecule has 0 amide bonds. The first kappa shape index (κ1) is 21.0. The second-order valence-corrected chi connectivity index (χ2v) is 7.79. The van der Waals surface area contributed by atoms with Gasteiger partial charge >= 0.3 is 0 Å². The lowest BCUT2D eigenvalue weighted by Crippen LogP contribution is -2.15. The molecule has 0 spiro atoms. The van der Waals surface area contributed by atoms with Gasteiger partial charge in [-0.3, -0.25) is 0 Å². The van der Waals surface area contributed by atoms with Crippen LogP contribution in [0.1, 0.15) is 22.3 Å². The smallest absolute Gasteiger partial charge is 0.122 e. The van der Waals surface area contributed by atoms with Crippen LogP contribution in [0.3, 0.4) is 0 Å². The minimum Gasteiger partial charge on any atom is -0.508 e. The van der Waals surface area contributed by atoms with Crippen molar-refractivity contribution in [2.75, 3.05) is 26.8 Å². The Morgan fingerprint density at radius 1 is 1.03 bits per heavy atom. The van der Waals surface area contributed by atoms with Crippen LogP contribution in [0.2, 0.25) is 0 Å². The topological polar surface area (TPSA) is 50.7 Å². The first-order valence-electron chi connectivity index (χ1n) is 10.8. The molecular formula is C27H29NO3. The largest absolute Gasteiger partial charge is 0.508 e. The molecular weight excluding hydrogens is 386 g/mol. The summed E-state index contributed by atoms with van der Waals surface area (Å²) in [5.74, 6) is 2.19. The minimum atomic E-state index is 0.293. The van der Waals surface area contributed by atoms with E-state index in [0.717, 1.165) is 43.9 Å². The molecule has 2 N–H and O–H groups in total. The second-order valence-electron chi connectivity index (χ2n) is 7.79. The Morgan fingerprint density at radius 2 is 1.81 bits per heavy atom. The third-order valence-corrected chi connectivity index (χ3v) is 5.52. The van der Waals surface area contributed by atoms with Gasteiger partial charge in [-0.15, -0.1) is 0 Å². The van der Waals surface area contributed by atoms with Gasteiger partial charge in [-0.25, -0.2) is 0 Å². The van der Waals surface area contributed by atoms with Crippen molar-refractivity contribution in [3.8, 4) is 17.2 Å². The Hall–Kier alpha value is -3.24. The molecule has 1 heterocycles. The van der Waals surface area contributed by atoms with Crippen molar-refractivity contribution in [2.24, 2.45) is 0 Å². The molecule has 0 aromatic heterocycles. The van der Waals surface area contributed by atoms with Gasteiger partial charge < -0.3 is 19.9 Å². The number of fused-ring (bicyclic) bond motifs is 1. The van der Waals surface area contributed by atoms with Crippen LogP contribution in [0.15, 0.2) is 72.8 Å². The fourth-order valence-corrected chi connectivity index (χ4v) is 3.75. The molecule has 0 aliphatic carbocycles. The van der Waals surface area contributed by atoms with Gasteiger partial charge in [-0.1, -0.05) is 36.4 Å². The van der Waals surface area contributed by atoms with E-state index in [1.165, 1.54) is 27.8 Å². The summed E-state index contributed by atoms with van der Waals surface area (Å²) >= 11 is 0. The molecule has 1 aliphatic rings. The standard InChI is InChI=1S/C27H29NO3/c1-28-15-17-30-26-11-5-20(6-12-26)2-7-22(18-21-3-9-25(29)10-4-21)23-8-13-27-24(19-23)14-16-31-27/h3-13,19,28-29H,2,14-18H2,1H3. The van der Waals surface area contributed by atoms with Crippen molar-refractivity contribution in [1.29, 1.82) is 0 Å². The Balaban J connectivity index is 1.53. The van der Waals surface area contributed by atoms with E-state index in [4.69, 9.17) is 9.47 Å². The summed E-state index contributed by atoms with van der Waals surface area (Å²) in [6.45, 7) is 2.25. The molecule has 0 atom stereocenters. The van der Waals surface area contributed by atoms with Crippen molar-refractivity contribution >= 4 is 5.57 Å². The summed E-state index contributed by atoms with van der Waals surface area (Å²) in [6.07, 6.45) is 4.93. The van der Waals surface area contributed by atoms with Gasteiger partial charge in [0.25, 0.3) is 0 Å². The molecule has 0 saturated carbocycles. The summed E-state index contributed by atoms with van der Waals surface area (Å²) in [6, 6.07) is 22.3. The molecule has 31 heavy (non-hydrogen) atoms. The SMILES string of the molecule is CNCCOc1ccc(CC=C(Cc2ccc(O)cc2)c2ccc3c(c2)CCO3)cc1. The van der Waals surface area contributed by atoms with Crippen LogP contribution in [0.25, 0.3) is 5.57 Å². The zero-order valence-corrected chi connectivity index (χ0v) is 17.9. The van der Waals surface area contributed by atoms with E-state index in [1.54, 1.807) is 12.1 Å². The Morgan fingerprint density at radius 3 is 2.58 bits per heavy atom. The van der Waals surface area contributed by atoms with E-state index in [2.05, 4.69) is 41.7 Å². The van der Waals surface area contributed by atoms with Gasteiger partial charge in [0, 0.05) is 13.0 Å². The highest BCUT2D eigenvalue weighted by atomic mass is 16.5. The fourth-order valence-electron chi connectivity index (χ4n) is 3.75. The predicted octanol–water partition coefficient (Wildman–Crippen LogP) is 4.79. The number of phenolic OH excluding ortho intramolecular Hbond substituents is 1. The highest BCUT2D eigenvalue weighted by Gasteiger charge is 2.14. The van der Waals surface area contributed by atoms with Gasteiger partial charge in [0.2, 0.25) is 0 Å². The third kappa shape index (κ3) is 5.68. The van der Waals surface area contributed by atoms with Crippen LogP contribution in [0, 0.1) is 0 Å². The van der Waals surface area contributed by atoms with Crippen LogP contribution in [0.5, 0.6) is 17.2 Å². The number of benzene rings is 3. The van der Waals surface area contributed by atoms with Gasteiger partial charge in [-0.05, 0) is 84.1 Å². The molecule has 0 saturated heterocycles. The lowest BCUT2D eigenvalue weighted by molar-refractivity contribution is 0.318. The number of aromatic hydroxyl groups is 1. The lowest BCUT2D eigenvalue weighted by atomic mass is 9.94. The van der Waals surface area contributed by atoms with Gasteiger partial charge in [0.1, 0.15) is 23.9 Å². The van der Waals surface area contributed by atoms with Crippen molar-refractivity contribution in [3.63, 3.8) is 0 Å². The highest BCUT2D eigenvalue weighted by molar-refractivity contribution is 5.69. The first-order chi connectivity index (χ1) is 15.2.